The van der Waals surface area contributed by atoms with Crippen LogP contribution < -0.4 is 10.1 Å². The highest BCUT2D eigenvalue weighted by molar-refractivity contribution is 5.95. The molecule has 0 radical (unpaired) electrons. The van der Waals surface area contributed by atoms with Gasteiger partial charge in [-0.05, 0) is 58.0 Å². The maximum atomic E-state index is 12.7. The minimum absolute atomic E-state index is 0.00198. The standard InChI is InChI=1S/C19H26N4O3/c1-6-22(13-17(24)20-19(2,3)4)18(25)16-11-12-23(21-16)14-7-9-15(26-5)10-8-14/h7-12H,6,13H2,1-5H3,(H,20,24). The zero-order chi connectivity index (χ0) is 19.3. The lowest BCUT2D eigenvalue weighted by atomic mass is 10.1. The molecule has 0 fully saturated rings. The molecule has 0 unspecified atom stereocenters. The molecule has 2 rings (SSSR count). The Morgan fingerprint density at radius 3 is 2.38 bits per heavy atom. The summed E-state index contributed by atoms with van der Waals surface area (Å²) in [5, 5.41) is 7.20. The number of benzene rings is 1. The van der Waals surface area contributed by atoms with Gasteiger partial charge in [-0.2, -0.15) is 5.10 Å². The zero-order valence-electron chi connectivity index (χ0n) is 15.9. The molecule has 7 heteroatoms. The van der Waals surface area contributed by atoms with Crippen LogP contribution in [0.1, 0.15) is 38.2 Å². The molecule has 0 aliphatic heterocycles. The number of hydrogen-bond acceptors (Lipinski definition) is 4. The van der Waals surface area contributed by atoms with Gasteiger partial charge in [-0.1, -0.05) is 0 Å². The van der Waals surface area contributed by atoms with Crippen molar-refractivity contribution < 1.29 is 14.3 Å². The van der Waals surface area contributed by atoms with Gasteiger partial charge in [-0.15, -0.1) is 0 Å². The number of rotatable bonds is 6. The molecule has 0 saturated carbocycles. The molecule has 0 spiro atoms. The quantitative estimate of drug-likeness (QED) is 0.859. The topological polar surface area (TPSA) is 76.5 Å². The van der Waals surface area contributed by atoms with Crippen molar-refractivity contribution in [3.63, 3.8) is 0 Å². The molecule has 2 amide bonds. The van der Waals surface area contributed by atoms with E-state index in [1.807, 2.05) is 52.0 Å². The van der Waals surface area contributed by atoms with Crippen molar-refractivity contribution in [2.24, 2.45) is 0 Å². The summed E-state index contributed by atoms with van der Waals surface area (Å²) in [4.78, 5) is 26.3. The highest BCUT2D eigenvalue weighted by Gasteiger charge is 2.22. The van der Waals surface area contributed by atoms with E-state index in [0.29, 0.717) is 12.2 Å². The number of nitrogens with zero attached hydrogens (tertiary/aromatic N) is 3. The van der Waals surface area contributed by atoms with Crippen molar-refractivity contribution in [1.29, 1.82) is 0 Å². The highest BCUT2D eigenvalue weighted by Crippen LogP contribution is 2.15. The third-order valence-corrected chi connectivity index (χ3v) is 3.66. The lowest BCUT2D eigenvalue weighted by Crippen LogP contribution is -2.47. The summed E-state index contributed by atoms with van der Waals surface area (Å²) < 4.78 is 6.76. The number of amides is 2. The Labute approximate surface area is 153 Å². The maximum Gasteiger partial charge on any atom is 0.274 e. The summed E-state index contributed by atoms with van der Waals surface area (Å²) in [5.41, 5.74) is 0.778. The van der Waals surface area contributed by atoms with Gasteiger partial charge in [0.05, 0.1) is 19.3 Å². The van der Waals surface area contributed by atoms with Crippen LogP contribution in [0, 0.1) is 0 Å². The van der Waals surface area contributed by atoms with Crippen LogP contribution in [-0.2, 0) is 4.79 Å². The van der Waals surface area contributed by atoms with Crippen molar-refractivity contribution in [2.45, 2.75) is 33.2 Å². The van der Waals surface area contributed by atoms with Crippen molar-refractivity contribution in [1.82, 2.24) is 20.0 Å². The first-order valence-electron chi connectivity index (χ1n) is 8.54. The molecule has 0 saturated heterocycles. The Bertz CT molecular complexity index is 760. The van der Waals surface area contributed by atoms with E-state index >= 15 is 0 Å². The largest absolute Gasteiger partial charge is 0.497 e. The molecule has 7 nitrogen and oxygen atoms in total. The number of ether oxygens (including phenoxy) is 1. The molecule has 1 N–H and O–H groups in total. The average molecular weight is 358 g/mol. The van der Waals surface area contributed by atoms with Crippen molar-refractivity contribution >= 4 is 11.8 Å². The highest BCUT2D eigenvalue weighted by atomic mass is 16.5. The van der Waals surface area contributed by atoms with Crippen LogP contribution in [0.15, 0.2) is 36.5 Å². The van der Waals surface area contributed by atoms with Crippen LogP contribution >= 0.6 is 0 Å². The molecule has 0 atom stereocenters. The lowest BCUT2D eigenvalue weighted by Gasteiger charge is -2.24. The summed E-state index contributed by atoms with van der Waals surface area (Å²) in [6.07, 6.45) is 1.72. The monoisotopic (exact) mass is 358 g/mol. The molecule has 2 aromatic rings. The number of carbonyl (C=O) groups is 2. The van der Waals surface area contributed by atoms with Crippen molar-refractivity contribution in [3.8, 4) is 11.4 Å². The first-order chi connectivity index (χ1) is 12.2. The van der Waals surface area contributed by atoms with E-state index in [9.17, 15) is 9.59 Å². The van der Waals surface area contributed by atoms with E-state index in [2.05, 4.69) is 10.4 Å². The van der Waals surface area contributed by atoms with E-state index in [-0.39, 0.29) is 23.9 Å². The predicted molar refractivity (Wildman–Crippen MR) is 99.6 cm³/mol. The SMILES string of the molecule is CCN(CC(=O)NC(C)(C)C)C(=O)c1ccn(-c2ccc(OC)cc2)n1. The first-order valence-corrected chi connectivity index (χ1v) is 8.54. The van der Waals surface area contributed by atoms with E-state index in [0.717, 1.165) is 11.4 Å². The van der Waals surface area contributed by atoms with Gasteiger partial charge in [0.15, 0.2) is 5.69 Å². The van der Waals surface area contributed by atoms with E-state index in [1.165, 1.54) is 4.90 Å². The van der Waals surface area contributed by atoms with Gasteiger partial charge < -0.3 is 15.0 Å². The summed E-state index contributed by atoms with van der Waals surface area (Å²) in [7, 11) is 1.61. The summed E-state index contributed by atoms with van der Waals surface area (Å²) in [5.74, 6) is 0.283. The molecule has 1 aromatic carbocycles. The lowest BCUT2D eigenvalue weighted by molar-refractivity contribution is -0.123. The van der Waals surface area contributed by atoms with Crippen LogP contribution in [-0.4, -0.2) is 52.2 Å². The molecular weight excluding hydrogens is 332 g/mol. The van der Waals surface area contributed by atoms with Gasteiger partial charge in [0.25, 0.3) is 5.91 Å². The fourth-order valence-electron chi connectivity index (χ4n) is 2.44. The second-order valence-electron chi connectivity index (χ2n) is 6.96. The average Bonchev–Trinajstić information content (AvgIpc) is 3.07. The van der Waals surface area contributed by atoms with Crippen molar-refractivity contribution in [2.75, 3.05) is 20.2 Å². The maximum absolute atomic E-state index is 12.7. The van der Waals surface area contributed by atoms with Gasteiger partial charge in [0.1, 0.15) is 5.75 Å². The molecule has 0 bridgehead atoms. The van der Waals surface area contributed by atoms with Crippen LogP contribution in [0.3, 0.4) is 0 Å². The molecular formula is C19H26N4O3. The van der Waals surface area contributed by atoms with Crippen LogP contribution in [0.5, 0.6) is 5.75 Å². The smallest absolute Gasteiger partial charge is 0.274 e. The summed E-state index contributed by atoms with van der Waals surface area (Å²) in [6, 6.07) is 9.02. The molecule has 1 aromatic heterocycles. The zero-order valence-corrected chi connectivity index (χ0v) is 15.9. The number of carbonyl (C=O) groups excluding carboxylic acids is 2. The minimum atomic E-state index is -0.338. The second kappa shape index (κ2) is 8.03. The number of aromatic nitrogens is 2. The van der Waals surface area contributed by atoms with Gasteiger partial charge in [-0.3, -0.25) is 9.59 Å². The Kier molecular flexibility index (Phi) is 6.02. The van der Waals surface area contributed by atoms with Gasteiger partial charge in [0, 0.05) is 18.3 Å². The molecule has 1 heterocycles. The van der Waals surface area contributed by atoms with E-state index in [4.69, 9.17) is 4.74 Å². The van der Waals surface area contributed by atoms with Crippen LogP contribution in [0.4, 0.5) is 0 Å². The van der Waals surface area contributed by atoms with Crippen LogP contribution in [0.25, 0.3) is 5.69 Å². The fourth-order valence-corrected chi connectivity index (χ4v) is 2.44. The fraction of sp³-hybridized carbons (Fsp3) is 0.421. The second-order valence-corrected chi connectivity index (χ2v) is 6.96. The van der Waals surface area contributed by atoms with Gasteiger partial charge in [-0.25, -0.2) is 4.68 Å². The van der Waals surface area contributed by atoms with Crippen LogP contribution in [0.2, 0.25) is 0 Å². The minimum Gasteiger partial charge on any atom is -0.497 e. The third-order valence-electron chi connectivity index (χ3n) is 3.66. The first kappa shape index (κ1) is 19.5. The number of nitrogens with one attached hydrogen (secondary N) is 1. The number of hydrogen-bond donors (Lipinski definition) is 1. The third kappa shape index (κ3) is 5.08. The van der Waals surface area contributed by atoms with Gasteiger partial charge in [0.2, 0.25) is 5.91 Å². The normalized spacial score (nSPS) is 11.1. The predicted octanol–water partition coefficient (Wildman–Crippen LogP) is 2.26. The molecule has 0 aliphatic rings. The molecule has 0 aliphatic carbocycles. The summed E-state index contributed by atoms with van der Waals surface area (Å²) in [6.45, 7) is 7.97. The number of methoxy groups -OCH3 is 1. The molecule has 140 valence electrons. The number of likely N-dealkylation sites (N-methyl/N-ethyl adjacent to an activating group) is 1. The Hall–Kier alpha value is -2.83. The van der Waals surface area contributed by atoms with E-state index < -0.39 is 0 Å². The Balaban J connectivity index is 2.10. The van der Waals surface area contributed by atoms with Crippen molar-refractivity contribution in [3.05, 3.63) is 42.2 Å². The Morgan fingerprint density at radius 1 is 1.19 bits per heavy atom. The Morgan fingerprint density at radius 2 is 1.85 bits per heavy atom. The molecule has 26 heavy (non-hydrogen) atoms. The van der Waals surface area contributed by atoms with Gasteiger partial charge >= 0.3 is 0 Å². The summed E-state index contributed by atoms with van der Waals surface area (Å²) >= 11 is 0. The van der Waals surface area contributed by atoms with E-state index in [1.54, 1.807) is 24.1 Å².